The Kier molecular flexibility index (Phi) is 5.00. The number of imide groups is 1. The number of urea groups is 1. The summed E-state index contributed by atoms with van der Waals surface area (Å²) in [6, 6.07) is 12.9. The molecule has 1 heterocycles. The van der Waals surface area contributed by atoms with Gasteiger partial charge in [-0.2, -0.15) is 0 Å². The summed E-state index contributed by atoms with van der Waals surface area (Å²) < 4.78 is 13.5. The SMILES string of the molecule is O=C(CN1CCSc2ccccc21)NC(=O)Nc1ccccc1F. The van der Waals surface area contributed by atoms with Gasteiger partial charge >= 0.3 is 6.03 Å². The number of hydrogen-bond donors (Lipinski definition) is 2. The van der Waals surface area contributed by atoms with E-state index in [0.29, 0.717) is 0 Å². The van der Waals surface area contributed by atoms with E-state index in [-0.39, 0.29) is 12.2 Å². The van der Waals surface area contributed by atoms with Gasteiger partial charge in [0.15, 0.2) is 0 Å². The molecule has 7 heteroatoms. The number of hydrogen-bond acceptors (Lipinski definition) is 4. The van der Waals surface area contributed by atoms with Crippen LogP contribution in [0.15, 0.2) is 53.4 Å². The summed E-state index contributed by atoms with van der Waals surface area (Å²) in [6.07, 6.45) is 0. The highest BCUT2D eigenvalue weighted by atomic mass is 32.2. The highest BCUT2D eigenvalue weighted by molar-refractivity contribution is 7.99. The van der Waals surface area contributed by atoms with Gasteiger partial charge in [0.05, 0.1) is 17.9 Å². The number of nitrogens with one attached hydrogen (secondary N) is 2. The van der Waals surface area contributed by atoms with Crippen molar-refractivity contribution in [2.45, 2.75) is 4.90 Å². The van der Waals surface area contributed by atoms with Crippen LogP contribution in [0.4, 0.5) is 20.6 Å². The average molecular weight is 345 g/mol. The van der Waals surface area contributed by atoms with Crippen molar-refractivity contribution in [1.29, 1.82) is 0 Å². The van der Waals surface area contributed by atoms with E-state index in [2.05, 4.69) is 10.6 Å². The van der Waals surface area contributed by atoms with E-state index in [1.54, 1.807) is 17.8 Å². The van der Waals surface area contributed by atoms with E-state index in [1.807, 2.05) is 29.2 Å². The van der Waals surface area contributed by atoms with Gasteiger partial charge in [-0.25, -0.2) is 9.18 Å². The zero-order chi connectivity index (χ0) is 16.9. The fourth-order valence-electron chi connectivity index (χ4n) is 2.45. The number of fused-ring (bicyclic) bond motifs is 1. The molecule has 2 N–H and O–H groups in total. The molecule has 1 aliphatic rings. The quantitative estimate of drug-likeness (QED) is 0.897. The van der Waals surface area contributed by atoms with Crippen LogP contribution in [-0.4, -0.2) is 30.8 Å². The maximum absolute atomic E-state index is 13.5. The molecule has 0 unspecified atom stereocenters. The predicted molar refractivity (Wildman–Crippen MR) is 92.9 cm³/mol. The minimum Gasteiger partial charge on any atom is -0.360 e. The molecule has 0 atom stereocenters. The molecule has 0 spiro atoms. The normalized spacial score (nSPS) is 13.1. The van der Waals surface area contributed by atoms with Gasteiger partial charge in [-0.15, -0.1) is 11.8 Å². The minimum absolute atomic E-state index is 0.0301. The number of para-hydroxylation sites is 2. The van der Waals surface area contributed by atoms with Crippen molar-refractivity contribution >= 4 is 35.1 Å². The van der Waals surface area contributed by atoms with Crippen LogP contribution in [0.25, 0.3) is 0 Å². The van der Waals surface area contributed by atoms with Gasteiger partial charge in [-0.05, 0) is 24.3 Å². The van der Waals surface area contributed by atoms with Crippen LogP contribution in [-0.2, 0) is 4.79 Å². The van der Waals surface area contributed by atoms with Crippen LogP contribution in [0.2, 0.25) is 0 Å². The number of thioether (sulfide) groups is 1. The molecule has 1 aliphatic heterocycles. The number of nitrogens with zero attached hydrogens (tertiary/aromatic N) is 1. The van der Waals surface area contributed by atoms with Gasteiger partial charge in [0, 0.05) is 17.2 Å². The molecule has 0 aliphatic carbocycles. The monoisotopic (exact) mass is 345 g/mol. The lowest BCUT2D eigenvalue weighted by atomic mass is 10.2. The molecule has 5 nitrogen and oxygen atoms in total. The molecule has 0 radical (unpaired) electrons. The molecule has 3 rings (SSSR count). The highest BCUT2D eigenvalue weighted by Crippen LogP contribution is 2.33. The van der Waals surface area contributed by atoms with Crippen LogP contribution in [0.5, 0.6) is 0 Å². The fraction of sp³-hybridized carbons (Fsp3) is 0.176. The first-order chi connectivity index (χ1) is 11.6. The van der Waals surface area contributed by atoms with E-state index in [4.69, 9.17) is 0 Å². The highest BCUT2D eigenvalue weighted by Gasteiger charge is 2.20. The number of carbonyl (C=O) groups excluding carboxylic acids is 2. The standard InChI is InChI=1S/C17H16FN3O2S/c18-12-5-1-2-6-13(12)19-17(23)20-16(22)11-21-9-10-24-15-8-4-3-7-14(15)21/h1-8H,9-11H2,(H2,19,20,22,23). The second-order valence-corrected chi connectivity index (χ2v) is 6.36. The van der Waals surface area contributed by atoms with Crippen molar-refractivity contribution in [2.24, 2.45) is 0 Å². The largest absolute Gasteiger partial charge is 0.360 e. The minimum atomic E-state index is -0.746. The van der Waals surface area contributed by atoms with E-state index in [9.17, 15) is 14.0 Å². The summed E-state index contributed by atoms with van der Waals surface area (Å²) in [5, 5.41) is 4.56. The van der Waals surface area contributed by atoms with Crippen molar-refractivity contribution in [3.8, 4) is 0 Å². The van der Waals surface area contributed by atoms with E-state index < -0.39 is 17.8 Å². The van der Waals surface area contributed by atoms with E-state index >= 15 is 0 Å². The maximum Gasteiger partial charge on any atom is 0.326 e. The molecular weight excluding hydrogens is 329 g/mol. The van der Waals surface area contributed by atoms with E-state index in [1.165, 1.54) is 18.2 Å². The maximum atomic E-state index is 13.5. The third-order valence-corrected chi connectivity index (χ3v) is 4.58. The first-order valence-electron chi connectivity index (χ1n) is 7.45. The molecular formula is C17H16FN3O2S. The summed E-state index contributed by atoms with van der Waals surface area (Å²) in [5.74, 6) is -0.112. The lowest BCUT2D eigenvalue weighted by molar-refractivity contribution is -0.118. The number of halogens is 1. The third-order valence-electron chi connectivity index (χ3n) is 3.53. The van der Waals surface area contributed by atoms with Crippen LogP contribution in [0.1, 0.15) is 0 Å². The zero-order valence-corrected chi connectivity index (χ0v) is 13.6. The molecule has 24 heavy (non-hydrogen) atoms. The van der Waals surface area contributed by atoms with Gasteiger partial charge in [0.1, 0.15) is 5.82 Å². The Balaban J connectivity index is 1.58. The Morgan fingerprint density at radius 3 is 2.71 bits per heavy atom. The van der Waals surface area contributed by atoms with Crippen molar-refractivity contribution < 1.29 is 14.0 Å². The molecule has 0 saturated carbocycles. The zero-order valence-electron chi connectivity index (χ0n) is 12.8. The van der Waals surface area contributed by atoms with Crippen molar-refractivity contribution in [3.63, 3.8) is 0 Å². The molecule has 2 aromatic rings. The van der Waals surface area contributed by atoms with Crippen LogP contribution >= 0.6 is 11.8 Å². The number of rotatable bonds is 3. The van der Waals surface area contributed by atoms with Gasteiger partial charge in [0.25, 0.3) is 0 Å². The predicted octanol–water partition coefficient (Wildman–Crippen LogP) is 3.09. The molecule has 0 fully saturated rings. The Morgan fingerprint density at radius 1 is 1.12 bits per heavy atom. The summed E-state index contributed by atoms with van der Waals surface area (Å²) in [4.78, 5) is 27.0. The summed E-state index contributed by atoms with van der Waals surface area (Å²) in [7, 11) is 0. The summed E-state index contributed by atoms with van der Waals surface area (Å²) >= 11 is 1.74. The smallest absolute Gasteiger partial charge is 0.326 e. The Bertz CT molecular complexity index is 769. The van der Waals surface area contributed by atoms with Crippen molar-refractivity contribution in [3.05, 3.63) is 54.3 Å². The second kappa shape index (κ2) is 7.35. The summed E-state index contributed by atoms with van der Waals surface area (Å²) in [5.41, 5.74) is 1.01. The number of anilines is 2. The average Bonchev–Trinajstić information content (AvgIpc) is 2.57. The first-order valence-corrected chi connectivity index (χ1v) is 8.44. The summed E-state index contributed by atoms with van der Waals surface area (Å²) in [6.45, 7) is 0.798. The van der Waals surface area contributed by atoms with Crippen LogP contribution < -0.4 is 15.5 Å². The Morgan fingerprint density at radius 2 is 1.88 bits per heavy atom. The Hall–Kier alpha value is -2.54. The number of amides is 3. The molecule has 124 valence electrons. The van der Waals surface area contributed by atoms with E-state index in [0.717, 1.165) is 22.9 Å². The Labute approximate surface area is 143 Å². The van der Waals surface area contributed by atoms with Crippen molar-refractivity contribution in [2.75, 3.05) is 29.1 Å². The molecule has 3 amide bonds. The van der Waals surface area contributed by atoms with Crippen LogP contribution in [0.3, 0.4) is 0 Å². The fourth-order valence-corrected chi connectivity index (χ4v) is 3.50. The first kappa shape index (κ1) is 16.3. The van der Waals surface area contributed by atoms with Crippen LogP contribution in [0, 0.1) is 5.82 Å². The molecule has 0 aromatic heterocycles. The van der Waals surface area contributed by atoms with Gasteiger partial charge < -0.3 is 10.2 Å². The van der Waals surface area contributed by atoms with Gasteiger partial charge in [-0.3, -0.25) is 10.1 Å². The van der Waals surface area contributed by atoms with Crippen molar-refractivity contribution in [1.82, 2.24) is 5.32 Å². The molecule has 2 aromatic carbocycles. The lowest BCUT2D eigenvalue weighted by Crippen LogP contribution is -2.43. The third kappa shape index (κ3) is 3.86. The lowest BCUT2D eigenvalue weighted by Gasteiger charge is -2.30. The second-order valence-electron chi connectivity index (χ2n) is 5.22. The molecule has 0 bridgehead atoms. The topological polar surface area (TPSA) is 61.4 Å². The number of carbonyl (C=O) groups is 2. The number of benzene rings is 2. The van der Waals surface area contributed by atoms with Gasteiger partial charge in [-0.1, -0.05) is 24.3 Å². The molecule has 0 saturated heterocycles. The van der Waals surface area contributed by atoms with Gasteiger partial charge in [0.2, 0.25) is 5.91 Å².